The van der Waals surface area contributed by atoms with E-state index in [4.69, 9.17) is 16.3 Å². The molecule has 0 aromatic heterocycles. The number of esters is 1. The maximum Gasteiger partial charge on any atom is 0.312 e. The first-order chi connectivity index (χ1) is 14.0. The number of hydrogen-bond donors (Lipinski definition) is 2. The number of methoxy groups -OCH3 is 1. The maximum atomic E-state index is 13.1. The van der Waals surface area contributed by atoms with E-state index in [1.54, 1.807) is 0 Å². The fourth-order valence-electron chi connectivity index (χ4n) is 5.62. The number of rotatable bonds is 9. The monoisotopic (exact) mass is 499 g/mol. The lowest BCUT2D eigenvalue weighted by Crippen LogP contribution is -2.77. The number of carbonyl (C=O) groups is 2. The Balaban J connectivity index is 1.80. The lowest BCUT2D eigenvalue weighted by Gasteiger charge is -2.68. The zero-order valence-electron chi connectivity index (χ0n) is 18.1. The van der Waals surface area contributed by atoms with Gasteiger partial charge in [-0.3, -0.25) is 9.59 Å². The third-order valence-electron chi connectivity index (χ3n) is 7.51. The van der Waals surface area contributed by atoms with Gasteiger partial charge in [-0.2, -0.15) is 0 Å². The number of amides is 1. The average molecular weight is 501 g/mol. The number of nitrogens with one attached hydrogen (secondary N) is 1. The lowest BCUT2D eigenvalue weighted by atomic mass is 9.39. The van der Waals surface area contributed by atoms with E-state index < -0.39 is 10.8 Å². The SMILES string of the molecule is CC[C@H](C)C(CO)[C@@](C)(CC(=O)NC12CC(C(=O)OC)(C1)C2)c1ccc(Br)c(Cl)c1. The summed E-state index contributed by atoms with van der Waals surface area (Å²) in [4.78, 5) is 25.1. The van der Waals surface area contributed by atoms with Crippen molar-refractivity contribution in [3.63, 3.8) is 0 Å². The Morgan fingerprint density at radius 3 is 2.50 bits per heavy atom. The molecule has 7 heteroatoms. The molecule has 0 radical (unpaired) electrons. The molecular formula is C23H31BrClNO4. The van der Waals surface area contributed by atoms with Crippen molar-refractivity contribution < 1.29 is 19.4 Å². The van der Waals surface area contributed by atoms with Crippen LogP contribution in [0, 0.1) is 17.3 Å². The number of ether oxygens (including phenoxy) is 1. The highest BCUT2D eigenvalue weighted by atomic mass is 79.9. The molecule has 5 nitrogen and oxygen atoms in total. The summed E-state index contributed by atoms with van der Waals surface area (Å²) in [5, 5.41) is 14.0. The number of carbonyl (C=O) groups excluding carboxylic acids is 2. The zero-order valence-corrected chi connectivity index (χ0v) is 20.4. The van der Waals surface area contributed by atoms with Crippen LogP contribution in [0.5, 0.6) is 0 Å². The Labute approximate surface area is 192 Å². The van der Waals surface area contributed by atoms with Crippen LogP contribution in [0.1, 0.15) is 58.4 Å². The minimum Gasteiger partial charge on any atom is -0.469 e. The molecule has 3 saturated carbocycles. The highest BCUT2D eigenvalue weighted by molar-refractivity contribution is 9.10. The van der Waals surface area contributed by atoms with Crippen molar-refractivity contribution >= 4 is 39.4 Å². The van der Waals surface area contributed by atoms with Crippen molar-refractivity contribution in [2.45, 2.75) is 63.8 Å². The topological polar surface area (TPSA) is 75.6 Å². The largest absolute Gasteiger partial charge is 0.469 e. The molecule has 0 saturated heterocycles. The lowest BCUT2D eigenvalue weighted by molar-refractivity contribution is -0.203. The predicted octanol–water partition coefficient (Wildman–Crippen LogP) is 4.62. The van der Waals surface area contributed by atoms with E-state index in [2.05, 4.69) is 35.1 Å². The van der Waals surface area contributed by atoms with Gasteiger partial charge in [-0.25, -0.2) is 0 Å². The minimum atomic E-state index is -0.581. The molecule has 3 atom stereocenters. The highest BCUT2D eigenvalue weighted by Gasteiger charge is 2.73. The summed E-state index contributed by atoms with van der Waals surface area (Å²) in [6.45, 7) is 6.23. The number of aliphatic hydroxyl groups is 1. The summed E-state index contributed by atoms with van der Waals surface area (Å²) in [5.74, 6) is -0.103. The van der Waals surface area contributed by atoms with E-state index in [9.17, 15) is 14.7 Å². The molecule has 0 spiro atoms. The van der Waals surface area contributed by atoms with E-state index in [-0.39, 0.29) is 42.3 Å². The van der Waals surface area contributed by atoms with Gasteiger partial charge in [0, 0.05) is 28.5 Å². The fraction of sp³-hybridized carbons (Fsp3) is 0.652. The van der Waals surface area contributed by atoms with Crippen molar-refractivity contribution in [3.05, 3.63) is 33.3 Å². The van der Waals surface area contributed by atoms with Crippen LogP contribution in [-0.4, -0.2) is 36.2 Å². The van der Waals surface area contributed by atoms with Gasteiger partial charge in [0.05, 0.1) is 17.5 Å². The molecule has 4 rings (SSSR count). The molecular weight excluding hydrogens is 470 g/mol. The second kappa shape index (κ2) is 8.44. The molecule has 0 heterocycles. The van der Waals surface area contributed by atoms with Gasteiger partial charge in [0.15, 0.2) is 0 Å². The number of aliphatic hydroxyl groups excluding tert-OH is 1. The van der Waals surface area contributed by atoms with E-state index in [0.717, 1.165) is 16.5 Å². The van der Waals surface area contributed by atoms with Gasteiger partial charge >= 0.3 is 5.97 Å². The zero-order chi connectivity index (χ0) is 22.3. The number of halogens is 2. The van der Waals surface area contributed by atoms with Crippen LogP contribution in [0.25, 0.3) is 0 Å². The summed E-state index contributed by atoms with van der Waals surface area (Å²) in [5.41, 5.74) is -0.319. The second-order valence-corrected chi connectivity index (χ2v) is 10.8. The molecule has 1 aromatic carbocycles. The van der Waals surface area contributed by atoms with E-state index in [1.807, 2.05) is 25.1 Å². The maximum absolute atomic E-state index is 13.1. The van der Waals surface area contributed by atoms with Gasteiger partial charge in [-0.1, -0.05) is 44.9 Å². The Morgan fingerprint density at radius 2 is 2.00 bits per heavy atom. The molecule has 2 N–H and O–H groups in total. The molecule has 166 valence electrons. The first-order valence-corrected chi connectivity index (χ1v) is 11.7. The van der Waals surface area contributed by atoms with Crippen LogP contribution < -0.4 is 5.32 Å². The summed E-state index contributed by atoms with van der Waals surface area (Å²) in [6, 6.07) is 5.75. The number of hydrogen-bond acceptors (Lipinski definition) is 4. The molecule has 0 aliphatic heterocycles. The van der Waals surface area contributed by atoms with Gasteiger partial charge in [-0.05, 0) is 64.7 Å². The van der Waals surface area contributed by atoms with Crippen molar-refractivity contribution in [1.29, 1.82) is 0 Å². The van der Waals surface area contributed by atoms with Crippen LogP contribution in [0.2, 0.25) is 5.02 Å². The van der Waals surface area contributed by atoms with Gasteiger partial charge in [0.2, 0.25) is 5.91 Å². The molecule has 3 fully saturated rings. The van der Waals surface area contributed by atoms with Crippen LogP contribution in [0.3, 0.4) is 0 Å². The van der Waals surface area contributed by atoms with E-state index in [0.29, 0.717) is 24.3 Å². The quantitative estimate of drug-likeness (QED) is 0.485. The standard InChI is InChI=1S/C23H31BrClNO4/c1-5-14(2)16(10-27)21(3,15-6-7-17(24)18(25)8-15)9-19(28)26-23-11-22(12-23,13-23)20(29)30-4/h6-8,14,16,27H,5,9-13H2,1-4H3,(H,26,28)/t14-,16?,21-,22?,23?/m0/s1. The Hall–Kier alpha value is -1.11. The number of benzene rings is 1. The first kappa shape index (κ1) is 23.6. The molecule has 30 heavy (non-hydrogen) atoms. The molecule has 2 bridgehead atoms. The Bertz CT molecular complexity index is 825. The third-order valence-corrected chi connectivity index (χ3v) is 8.74. The van der Waals surface area contributed by atoms with E-state index in [1.165, 1.54) is 7.11 Å². The molecule has 1 amide bonds. The van der Waals surface area contributed by atoms with Crippen LogP contribution in [0.4, 0.5) is 0 Å². The predicted molar refractivity (Wildman–Crippen MR) is 120 cm³/mol. The molecule has 1 aromatic rings. The van der Waals surface area contributed by atoms with Crippen molar-refractivity contribution in [3.8, 4) is 0 Å². The second-order valence-electron chi connectivity index (χ2n) is 9.53. The third kappa shape index (κ3) is 3.91. The van der Waals surface area contributed by atoms with Crippen molar-refractivity contribution in [2.24, 2.45) is 17.3 Å². The smallest absolute Gasteiger partial charge is 0.312 e. The van der Waals surface area contributed by atoms with Crippen molar-refractivity contribution in [2.75, 3.05) is 13.7 Å². The van der Waals surface area contributed by atoms with Crippen LogP contribution >= 0.6 is 27.5 Å². The summed E-state index contributed by atoms with van der Waals surface area (Å²) in [6.07, 6.45) is 3.09. The van der Waals surface area contributed by atoms with Crippen LogP contribution in [0.15, 0.2) is 22.7 Å². The fourth-order valence-corrected chi connectivity index (χ4v) is 6.05. The van der Waals surface area contributed by atoms with Crippen LogP contribution in [-0.2, 0) is 19.7 Å². The molecule has 3 aliphatic carbocycles. The Morgan fingerprint density at radius 1 is 1.37 bits per heavy atom. The summed E-state index contributed by atoms with van der Waals surface area (Å²) >= 11 is 9.80. The van der Waals surface area contributed by atoms with Gasteiger partial charge in [0.25, 0.3) is 0 Å². The van der Waals surface area contributed by atoms with Gasteiger partial charge in [-0.15, -0.1) is 0 Å². The molecule has 3 aliphatic rings. The van der Waals surface area contributed by atoms with E-state index >= 15 is 0 Å². The van der Waals surface area contributed by atoms with Gasteiger partial charge < -0.3 is 15.2 Å². The minimum absolute atomic E-state index is 0.0108. The normalized spacial score (nSPS) is 28.4. The molecule has 1 unspecified atom stereocenters. The Kier molecular flexibility index (Phi) is 6.62. The highest BCUT2D eigenvalue weighted by Crippen LogP contribution is 2.67. The van der Waals surface area contributed by atoms with Crippen molar-refractivity contribution in [1.82, 2.24) is 5.32 Å². The average Bonchev–Trinajstić information content (AvgIpc) is 2.65. The first-order valence-electron chi connectivity index (χ1n) is 10.5. The summed E-state index contributed by atoms with van der Waals surface area (Å²) in [7, 11) is 1.41. The van der Waals surface area contributed by atoms with Gasteiger partial charge in [0.1, 0.15) is 0 Å². The summed E-state index contributed by atoms with van der Waals surface area (Å²) < 4.78 is 5.69.